The van der Waals surface area contributed by atoms with Gasteiger partial charge in [-0.3, -0.25) is 4.98 Å². The standard InChI is InChI=1S/C14H25N3S/c1-12(2)9-16-10-13-5-6-15-11-14(13)17(3)7-8-18-4/h5-6,11-12,16H,7-10H2,1-4H3. The lowest BCUT2D eigenvalue weighted by Gasteiger charge is -2.22. The van der Waals surface area contributed by atoms with E-state index in [1.165, 1.54) is 11.3 Å². The summed E-state index contributed by atoms with van der Waals surface area (Å²) in [5, 5.41) is 3.49. The molecule has 0 aliphatic rings. The monoisotopic (exact) mass is 267 g/mol. The minimum atomic E-state index is 0.685. The van der Waals surface area contributed by atoms with Gasteiger partial charge in [-0.1, -0.05) is 13.8 Å². The van der Waals surface area contributed by atoms with Crippen molar-refractivity contribution in [2.45, 2.75) is 20.4 Å². The van der Waals surface area contributed by atoms with Gasteiger partial charge in [0.05, 0.1) is 11.9 Å². The predicted molar refractivity (Wildman–Crippen MR) is 82.4 cm³/mol. The summed E-state index contributed by atoms with van der Waals surface area (Å²) < 4.78 is 0. The van der Waals surface area contributed by atoms with Crippen LogP contribution < -0.4 is 10.2 Å². The highest BCUT2D eigenvalue weighted by Gasteiger charge is 2.07. The lowest BCUT2D eigenvalue weighted by molar-refractivity contribution is 0.552. The fraction of sp³-hybridized carbons (Fsp3) is 0.643. The Labute approximate surface area is 115 Å². The third kappa shape index (κ3) is 5.27. The van der Waals surface area contributed by atoms with Crippen LogP contribution in [-0.2, 0) is 6.54 Å². The number of aromatic nitrogens is 1. The number of pyridine rings is 1. The van der Waals surface area contributed by atoms with E-state index in [1.807, 2.05) is 24.2 Å². The fourth-order valence-electron chi connectivity index (χ4n) is 1.75. The van der Waals surface area contributed by atoms with Crippen LogP contribution in [0.25, 0.3) is 0 Å². The number of nitrogens with one attached hydrogen (secondary N) is 1. The topological polar surface area (TPSA) is 28.2 Å². The van der Waals surface area contributed by atoms with Crippen LogP contribution in [-0.4, -0.2) is 37.1 Å². The number of thioether (sulfide) groups is 1. The van der Waals surface area contributed by atoms with Gasteiger partial charge in [0.25, 0.3) is 0 Å². The smallest absolute Gasteiger partial charge is 0.0596 e. The molecule has 0 aromatic carbocycles. The Hall–Kier alpha value is -0.740. The zero-order valence-corrected chi connectivity index (χ0v) is 12.8. The van der Waals surface area contributed by atoms with E-state index in [-0.39, 0.29) is 0 Å². The second kappa shape index (κ2) is 8.38. The maximum Gasteiger partial charge on any atom is 0.0596 e. The van der Waals surface area contributed by atoms with E-state index in [2.05, 4.69) is 48.4 Å². The van der Waals surface area contributed by atoms with Crippen LogP contribution in [0.1, 0.15) is 19.4 Å². The highest BCUT2D eigenvalue weighted by atomic mass is 32.2. The molecular weight excluding hydrogens is 242 g/mol. The van der Waals surface area contributed by atoms with Gasteiger partial charge < -0.3 is 10.2 Å². The molecule has 0 spiro atoms. The van der Waals surface area contributed by atoms with Crippen molar-refractivity contribution in [1.29, 1.82) is 0 Å². The quantitative estimate of drug-likeness (QED) is 0.784. The Balaban J connectivity index is 2.60. The second-order valence-electron chi connectivity index (χ2n) is 4.94. The van der Waals surface area contributed by atoms with Gasteiger partial charge in [-0.25, -0.2) is 0 Å². The molecule has 1 rings (SSSR count). The summed E-state index contributed by atoms with van der Waals surface area (Å²) in [4.78, 5) is 6.53. The largest absolute Gasteiger partial charge is 0.372 e. The first-order chi connectivity index (χ1) is 8.65. The van der Waals surface area contributed by atoms with Gasteiger partial charge in [0, 0.05) is 32.1 Å². The average molecular weight is 267 g/mol. The Morgan fingerprint density at radius 3 is 2.89 bits per heavy atom. The van der Waals surface area contributed by atoms with Crippen LogP contribution in [0, 0.1) is 5.92 Å². The minimum absolute atomic E-state index is 0.685. The molecule has 18 heavy (non-hydrogen) atoms. The Bertz CT molecular complexity index is 342. The van der Waals surface area contributed by atoms with Crippen LogP contribution in [0.15, 0.2) is 18.5 Å². The summed E-state index contributed by atoms with van der Waals surface area (Å²) in [5.74, 6) is 1.83. The molecular formula is C14H25N3S. The zero-order valence-electron chi connectivity index (χ0n) is 11.9. The molecule has 3 nitrogen and oxygen atoms in total. The third-order valence-corrected chi connectivity index (χ3v) is 3.39. The summed E-state index contributed by atoms with van der Waals surface area (Å²) >= 11 is 1.87. The molecule has 1 N–H and O–H groups in total. The summed E-state index contributed by atoms with van der Waals surface area (Å²) in [6.07, 6.45) is 5.98. The number of hydrogen-bond donors (Lipinski definition) is 1. The molecule has 1 aromatic heterocycles. The van der Waals surface area contributed by atoms with E-state index in [9.17, 15) is 0 Å². The summed E-state index contributed by atoms with van der Waals surface area (Å²) in [7, 11) is 2.14. The number of rotatable bonds is 8. The van der Waals surface area contributed by atoms with Gasteiger partial charge in [0.2, 0.25) is 0 Å². The van der Waals surface area contributed by atoms with Gasteiger partial charge >= 0.3 is 0 Å². The molecule has 0 bridgehead atoms. The third-order valence-electron chi connectivity index (χ3n) is 2.80. The molecule has 1 heterocycles. The van der Waals surface area contributed by atoms with E-state index in [0.717, 1.165) is 25.4 Å². The van der Waals surface area contributed by atoms with E-state index >= 15 is 0 Å². The first-order valence-corrected chi connectivity index (χ1v) is 7.88. The minimum Gasteiger partial charge on any atom is -0.372 e. The maximum atomic E-state index is 4.24. The number of nitrogens with zero attached hydrogens (tertiary/aromatic N) is 2. The predicted octanol–water partition coefficient (Wildman–Crippen LogP) is 2.63. The molecule has 0 unspecified atom stereocenters. The SMILES string of the molecule is CSCCN(C)c1cnccc1CNCC(C)C. The van der Waals surface area contributed by atoms with Crippen molar-refractivity contribution in [2.75, 3.05) is 37.0 Å². The van der Waals surface area contributed by atoms with E-state index in [1.54, 1.807) is 0 Å². The molecule has 0 atom stereocenters. The van der Waals surface area contributed by atoms with Gasteiger partial charge in [-0.2, -0.15) is 11.8 Å². The van der Waals surface area contributed by atoms with Crippen LogP contribution in [0.3, 0.4) is 0 Å². The molecule has 0 radical (unpaired) electrons. The van der Waals surface area contributed by atoms with Crippen molar-refractivity contribution < 1.29 is 0 Å². The van der Waals surface area contributed by atoms with E-state index < -0.39 is 0 Å². The normalized spacial score (nSPS) is 10.9. The zero-order chi connectivity index (χ0) is 13.4. The molecule has 0 amide bonds. The highest BCUT2D eigenvalue weighted by molar-refractivity contribution is 7.98. The molecule has 1 aromatic rings. The molecule has 0 saturated carbocycles. The molecule has 0 aliphatic heterocycles. The summed E-state index contributed by atoms with van der Waals surface area (Å²) in [5.41, 5.74) is 2.57. The first-order valence-electron chi connectivity index (χ1n) is 6.48. The Morgan fingerprint density at radius 1 is 1.44 bits per heavy atom. The lowest BCUT2D eigenvalue weighted by atomic mass is 10.2. The van der Waals surface area contributed by atoms with Crippen molar-refractivity contribution in [3.8, 4) is 0 Å². The summed E-state index contributed by atoms with van der Waals surface area (Å²) in [6.45, 7) is 7.48. The van der Waals surface area contributed by atoms with Crippen molar-refractivity contribution in [1.82, 2.24) is 10.3 Å². The maximum absolute atomic E-state index is 4.24. The highest BCUT2D eigenvalue weighted by Crippen LogP contribution is 2.17. The van der Waals surface area contributed by atoms with Crippen LogP contribution >= 0.6 is 11.8 Å². The lowest BCUT2D eigenvalue weighted by Crippen LogP contribution is -2.24. The van der Waals surface area contributed by atoms with Gasteiger partial charge in [0.1, 0.15) is 0 Å². The van der Waals surface area contributed by atoms with E-state index in [0.29, 0.717) is 5.92 Å². The Kier molecular flexibility index (Phi) is 7.13. The van der Waals surface area contributed by atoms with Crippen LogP contribution in [0.4, 0.5) is 5.69 Å². The van der Waals surface area contributed by atoms with Gasteiger partial charge in [-0.05, 0) is 30.3 Å². The molecule has 0 aliphatic carbocycles. The number of hydrogen-bond acceptors (Lipinski definition) is 4. The van der Waals surface area contributed by atoms with Gasteiger partial charge in [0.15, 0.2) is 0 Å². The fourth-order valence-corrected chi connectivity index (χ4v) is 2.21. The summed E-state index contributed by atoms with van der Waals surface area (Å²) in [6, 6.07) is 2.11. The molecule has 102 valence electrons. The van der Waals surface area contributed by atoms with Crippen molar-refractivity contribution >= 4 is 17.4 Å². The molecule has 4 heteroatoms. The molecule has 0 fully saturated rings. The molecule has 0 saturated heterocycles. The first kappa shape index (κ1) is 15.3. The van der Waals surface area contributed by atoms with Crippen molar-refractivity contribution in [3.05, 3.63) is 24.0 Å². The van der Waals surface area contributed by atoms with Crippen LogP contribution in [0.2, 0.25) is 0 Å². The van der Waals surface area contributed by atoms with Gasteiger partial charge in [-0.15, -0.1) is 0 Å². The average Bonchev–Trinajstić information content (AvgIpc) is 2.36. The Morgan fingerprint density at radius 2 is 2.22 bits per heavy atom. The van der Waals surface area contributed by atoms with E-state index in [4.69, 9.17) is 0 Å². The van der Waals surface area contributed by atoms with Crippen LogP contribution in [0.5, 0.6) is 0 Å². The second-order valence-corrected chi connectivity index (χ2v) is 5.93. The number of anilines is 1. The van der Waals surface area contributed by atoms with Crippen molar-refractivity contribution in [3.63, 3.8) is 0 Å². The van der Waals surface area contributed by atoms with Crippen molar-refractivity contribution in [2.24, 2.45) is 5.92 Å².